The molecule has 0 spiro atoms. The van der Waals surface area contributed by atoms with Crippen molar-refractivity contribution in [3.63, 3.8) is 0 Å². The number of carbonyl (C=O) groups excluding carboxylic acids is 2. The Morgan fingerprint density at radius 2 is 1.25 bits per heavy atom. The third-order valence-electron chi connectivity index (χ3n) is 4.84. The minimum absolute atomic E-state index is 0.247. The van der Waals surface area contributed by atoms with Crippen LogP contribution in [0.5, 0.6) is 0 Å². The summed E-state index contributed by atoms with van der Waals surface area (Å²) in [6.07, 6.45) is 0. The van der Waals surface area contributed by atoms with Crippen LogP contribution in [0.2, 0.25) is 0 Å². The van der Waals surface area contributed by atoms with E-state index in [4.69, 9.17) is 9.31 Å². The van der Waals surface area contributed by atoms with Crippen molar-refractivity contribution in [2.75, 3.05) is 13.1 Å². The number of fused-ring (bicyclic) bond motifs is 2. The quantitative estimate of drug-likeness (QED) is 0.363. The molecule has 28 heavy (non-hydrogen) atoms. The maximum absolute atomic E-state index is 12.2. The monoisotopic (exact) mass is 380 g/mol. The number of hydrogen-bond acceptors (Lipinski definition) is 6. The topological polar surface area (TPSA) is 117 Å². The van der Waals surface area contributed by atoms with E-state index in [0.717, 1.165) is 11.1 Å². The summed E-state index contributed by atoms with van der Waals surface area (Å²) < 4.78 is 10.2. The first kappa shape index (κ1) is 18.7. The van der Waals surface area contributed by atoms with E-state index in [1.165, 1.54) is 0 Å². The average Bonchev–Trinajstić information content (AvgIpc) is 3.27. The van der Waals surface area contributed by atoms with Gasteiger partial charge >= 0.3 is 14.2 Å². The molecular weight excluding hydrogens is 362 g/mol. The van der Waals surface area contributed by atoms with Gasteiger partial charge in [0.1, 0.15) is 0 Å². The zero-order valence-corrected chi connectivity index (χ0v) is 15.0. The molecule has 8 nitrogen and oxygen atoms in total. The maximum Gasteiger partial charge on any atom is 0.491 e. The Morgan fingerprint density at radius 3 is 1.68 bits per heavy atom. The van der Waals surface area contributed by atoms with E-state index >= 15 is 0 Å². The van der Waals surface area contributed by atoms with E-state index in [0.29, 0.717) is 35.3 Å². The van der Waals surface area contributed by atoms with Gasteiger partial charge in [0.15, 0.2) is 0 Å². The van der Waals surface area contributed by atoms with Crippen molar-refractivity contribution in [3.05, 3.63) is 58.7 Å². The van der Waals surface area contributed by atoms with E-state index < -0.39 is 14.2 Å². The van der Waals surface area contributed by atoms with Gasteiger partial charge in [-0.1, -0.05) is 12.1 Å². The van der Waals surface area contributed by atoms with Crippen LogP contribution in [0.15, 0.2) is 36.4 Å². The van der Waals surface area contributed by atoms with Crippen molar-refractivity contribution < 1.29 is 28.9 Å². The summed E-state index contributed by atoms with van der Waals surface area (Å²) in [6, 6.07) is 10.1. The van der Waals surface area contributed by atoms with Crippen molar-refractivity contribution in [2.45, 2.75) is 13.2 Å². The standard InChI is InChI=1S/C18H18B2N2O6/c23-17(11-1-3-13-9-27-19(25)15(13)7-11)21-5-6-22-18(24)12-2-4-14-10-28-20(26)16(14)8-12/h1-4,7-8,25-26H,5-6,9-10H2,(H,21,23)(H,22,24). The van der Waals surface area contributed by atoms with E-state index in [9.17, 15) is 19.6 Å². The predicted octanol–water partition coefficient (Wildman–Crippen LogP) is -1.72. The van der Waals surface area contributed by atoms with Gasteiger partial charge in [-0.05, 0) is 46.3 Å². The first-order valence-corrected chi connectivity index (χ1v) is 8.94. The summed E-state index contributed by atoms with van der Waals surface area (Å²) in [5.74, 6) is -0.595. The molecule has 2 heterocycles. The fourth-order valence-electron chi connectivity index (χ4n) is 3.27. The number of amides is 2. The molecule has 2 aromatic carbocycles. The van der Waals surface area contributed by atoms with Gasteiger partial charge in [-0.3, -0.25) is 9.59 Å². The SMILES string of the molecule is O=C(NCCNC(=O)c1ccc2c(c1)B(O)OC2)c1ccc2c(c1)B(O)OC2. The predicted molar refractivity (Wildman–Crippen MR) is 102 cm³/mol. The molecule has 2 aromatic rings. The van der Waals surface area contributed by atoms with Crippen LogP contribution in [0.3, 0.4) is 0 Å². The molecule has 0 aromatic heterocycles. The summed E-state index contributed by atoms with van der Waals surface area (Å²) in [7, 11) is -2.00. The van der Waals surface area contributed by atoms with Crippen LogP contribution in [-0.2, 0) is 22.5 Å². The number of benzene rings is 2. The molecule has 142 valence electrons. The van der Waals surface area contributed by atoms with Crippen molar-refractivity contribution in [1.29, 1.82) is 0 Å². The summed E-state index contributed by atoms with van der Waals surface area (Å²) in [6.45, 7) is 1.15. The number of nitrogens with one attached hydrogen (secondary N) is 2. The zero-order valence-electron chi connectivity index (χ0n) is 15.0. The highest BCUT2D eigenvalue weighted by Crippen LogP contribution is 2.12. The summed E-state index contributed by atoms with van der Waals surface area (Å²) in [5.41, 5.74) is 3.76. The fourth-order valence-corrected chi connectivity index (χ4v) is 3.27. The molecule has 10 heteroatoms. The Labute approximate surface area is 162 Å². The number of carbonyl (C=O) groups is 2. The van der Waals surface area contributed by atoms with Crippen LogP contribution >= 0.6 is 0 Å². The molecule has 2 aliphatic rings. The normalized spacial score (nSPS) is 14.6. The Kier molecular flexibility index (Phi) is 5.19. The van der Waals surface area contributed by atoms with Gasteiger partial charge < -0.3 is 30.0 Å². The molecule has 4 N–H and O–H groups in total. The van der Waals surface area contributed by atoms with Gasteiger partial charge in [0.2, 0.25) is 0 Å². The molecule has 0 aliphatic carbocycles. The smallest absolute Gasteiger partial charge is 0.423 e. The molecule has 0 unspecified atom stereocenters. The molecular formula is C18H18B2N2O6. The van der Waals surface area contributed by atoms with Crippen molar-refractivity contribution in [1.82, 2.24) is 10.6 Å². The van der Waals surface area contributed by atoms with Crippen LogP contribution < -0.4 is 21.6 Å². The lowest BCUT2D eigenvalue weighted by Crippen LogP contribution is -2.36. The largest absolute Gasteiger partial charge is 0.491 e. The zero-order chi connectivity index (χ0) is 19.7. The molecule has 0 saturated heterocycles. The van der Waals surface area contributed by atoms with E-state index in [1.54, 1.807) is 36.4 Å². The van der Waals surface area contributed by atoms with E-state index in [2.05, 4.69) is 10.6 Å². The molecule has 4 rings (SSSR count). The van der Waals surface area contributed by atoms with E-state index in [-0.39, 0.29) is 24.9 Å². The average molecular weight is 380 g/mol. The van der Waals surface area contributed by atoms with Gasteiger partial charge in [0, 0.05) is 24.2 Å². The van der Waals surface area contributed by atoms with Gasteiger partial charge in [0.25, 0.3) is 11.8 Å². The second-order valence-electron chi connectivity index (χ2n) is 6.67. The number of rotatable bonds is 5. The fraction of sp³-hybridized carbons (Fsp3) is 0.222. The first-order valence-electron chi connectivity index (χ1n) is 8.94. The van der Waals surface area contributed by atoms with Crippen LogP contribution in [0.25, 0.3) is 0 Å². The minimum Gasteiger partial charge on any atom is -0.423 e. The van der Waals surface area contributed by atoms with Crippen molar-refractivity contribution >= 4 is 37.0 Å². The molecule has 0 atom stereocenters. The van der Waals surface area contributed by atoms with Crippen molar-refractivity contribution in [3.8, 4) is 0 Å². The van der Waals surface area contributed by atoms with E-state index in [1.807, 2.05) is 0 Å². The molecule has 0 saturated carbocycles. The number of hydrogen-bond donors (Lipinski definition) is 4. The summed E-state index contributed by atoms with van der Waals surface area (Å²) in [5, 5.41) is 24.9. The van der Waals surface area contributed by atoms with Crippen molar-refractivity contribution in [2.24, 2.45) is 0 Å². The van der Waals surface area contributed by atoms with Crippen LogP contribution in [0.1, 0.15) is 31.8 Å². The Hall–Kier alpha value is -2.65. The maximum atomic E-state index is 12.2. The summed E-state index contributed by atoms with van der Waals surface area (Å²) in [4.78, 5) is 24.5. The van der Waals surface area contributed by atoms with Crippen LogP contribution in [0, 0.1) is 0 Å². The van der Waals surface area contributed by atoms with Gasteiger partial charge in [-0.25, -0.2) is 0 Å². The lowest BCUT2D eigenvalue weighted by Gasteiger charge is -2.09. The highest BCUT2D eigenvalue weighted by Gasteiger charge is 2.29. The lowest BCUT2D eigenvalue weighted by atomic mass is 9.79. The van der Waals surface area contributed by atoms with Gasteiger partial charge in [0.05, 0.1) is 13.2 Å². The first-order chi connectivity index (χ1) is 13.5. The molecule has 0 fully saturated rings. The molecule has 0 radical (unpaired) electrons. The lowest BCUT2D eigenvalue weighted by molar-refractivity contribution is 0.0928. The van der Waals surface area contributed by atoms with Gasteiger partial charge in [-0.15, -0.1) is 0 Å². The third-order valence-corrected chi connectivity index (χ3v) is 4.84. The molecule has 2 aliphatic heterocycles. The van der Waals surface area contributed by atoms with Crippen LogP contribution in [0.4, 0.5) is 0 Å². The molecule has 0 bridgehead atoms. The minimum atomic E-state index is -1.00. The molecule has 2 amide bonds. The second-order valence-corrected chi connectivity index (χ2v) is 6.67. The summed E-state index contributed by atoms with van der Waals surface area (Å²) >= 11 is 0. The van der Waals surface area contributed by atoms with Gasteiger partial charge in [-0.2, -0.15) is 0 Å². The highest BCUT2D eigenvalue weighted by atomic mass is 16.5. The Balaban J connectivity index is 1.28. The van der Waals surface area contributed by atoms with Crippen LogP contribution in [-0.4, -0.2) is 49.2 Å². The third kappa shape index (κ3) is 3.67. The highest BCUT2D eigenvalue weighted by molar-refractivity contribution is 6.62. The Bertz CT molecular complexity index is 863. The Morgan fingerprint density at radius 1 is 0.821 bits per heavy atom. The second kappa shape index (κ2) is 7.76.